The molecule has 0 aliphatic rings. The molecule has 1 aromatic heterocycles. The number of halogens is 1. The Kier molecular flexibility index (Phi) is 7.63. The molecule has 5 nitrogen and oxygen atoms in total. The predicted molar refractivity (Wildman–Crippen MR) is 120 cm³/mol. The largest absolute Gasteiger partial charge is 0.356 e. The monoisotopic (exact) mass is 427 g/mol. The Bertz CT molecular complexity index is 1060. The zero-order valence-electron chi connectivity index (χ0n) is 17.2. The van der Waals surface area contributed by atoms with Gasteiger partial charge in [-0.3, -0.25) is 14.2 Å². The fourth-order valence-electron chi connectivity index (χ4n) is 3.01. The van der Waals surface area contributed by atoms with E-state index in [4.69, 9.17) is 0 Å². The van der Waals surface area contributed by atoms with Crippen LogP contribution in [0.1, 0.15) is 33.1 Å². The highest BCUT2D eigenvalue weighted by Gasteiger charge is 2.13. The molecule has 1 amide bonds. The molecule has 7 heteroatoms. The quantitative estimate of drug-likeness (QED) is 0.309. The molecule has 0 bridgehead atoms. The molecule has 1 N–H and O–H groups in total. The van der Waals surface area contributed by atoms with Crippen LogP contribution in [0.4, 0.5) is 4.39 Å². The minimum atomic E-state index is -0.363. The maximum Gasteiger partial charge on any atom is 0.266 e. The number of fused-ring (bicyclic) bond motifs is 1. The lowest BCUT2D eigenvalue weighted by Gasteiger charge is -2.13. The van der Waals surface area contributed by atoms with E-state index in [9.17, 15) is 14.0 Å². The smallest absolute Gasteiger partial charge is 0.266 e. The van der Waals surface area contributed by atoms with Crippen molar-refractivity contribution < 1.29 is 9.18 Å². The van der Waals surface area contributed by atoms with Gasteiger partial charge < -0.3 is 5.32 Å². The number of nitrogens with zero attached hydrogens (tertiary/aromatic N) is 2. The molecule has 0 saturated heterocycles. The van der Waals surface area contributed by atoms with E-state index in [2.05, 4.69) is 24.1 Å². The van der Waals surface area contributed by atoms with E-state index >= 15 is 0 Å². The Balaban J connectivity index is 1.74. The van der Waals surface area contributed by atoms with Crippen molar-refractivity contribution in [2.45, 2.75) is 38.3 Å². The fraction of sp³-hybridized carbons (Fsp3) is 0.348. The molecule has 0 saturated carbocycles. The van der Waals surface area contributed by atoms with Crippen molar-refractivity contribution in [1.82, 2.24) is 14.9 Å². The van der Waals surface area contributed by atoms with Crippen LogP contribution >= 0.6 is 11.8 Å². The van der Waals surface area contributed by atoms with Gasteiger partial charge in [-0.05, 0) is 55.2 Å². The standard InChI is InChI=1S/C23H26FN3O2S/c1-16(2)13-14-25-21(28)8-5-15-30-23-26-20-7-4-3-6-19(20)22(29)27(23)18-11-9-17(24)10-12-18/h3-4,6-7,9-12,16H,5,8,13-15H2,1-2H3,(H,25,28). The number of rotatable bonds is 9. The zero-order chi connectivity index (χ0) is 21.5. The van der Waals surface area contributed by atoms with E-state index in [-0.39, 0.29) is 17.3 Å². The van der Waals surface area contributed by atoms with Crippen molar-refractivity contribution in [1.29, 1.82) is 0 Å². The van der Waals surface area contributed by atoms with Gasteiger partial charge in [0.2, 0.25) is 5.91 Å². The molecule has 0 unspecified atom stereocenters. The molecular formula is C23H26FN3O2S. The Morgan fingerprint density at radius 3 is 2.63 bits per heavy atom. The fourth-order valence-corrected chi connectivity index (χ4v) is 3.96. The molecule has 0 fully saturated rings. The summed E-state index contributed by atoms with van der Waals surface area (Å²) in [5.74, 6) is 0.878. The van der Waals surface area contributed by atoms with E-state index in [1.165, 1.54) is 28.5 Å². The summed E-state index contributed by atoms with van der Waals surface area (Å²) < 4.78 is 14.9. The molecule has 0 aliphatic heterocycles. The van der Waals surface area contributed by atoms with Gasteiger partial charge in [0.15, 0.2) is 5.16 Å². The molecule has 30 heavy (non-hydrogen) atoms. The van der Waals surface area contributed by atoms with E-state index in [0.717, 1.165) is 6.42 Å². The number of carbonyl (C=O) groups excluding carboxylic acids is 1. The first-order valence-corrected chi connectivity index (χ1v) is 11.1. The number of para-hydroxylation sites is 1. The number of hydrogen-bond acceptors (Lipinski definition) is 4. The van der Waals surface area contributed by atoms with Crippen LogP contribution in [0.2, 0.25) is 0 Å². The predicted octanol–water partition coefficient (Wildman–Crippen LogP) is 4.56. The van der Waals surface area contributed by atoms with Gasteiger partial charge in [-0.1, -0.05) is 37.7 Å². The van der Waals surface area contributed by atoms with E-state index in [1.807, 2.05) is 6.07 Å². The first kappa shape index (κ1) is 22.0. The van der Waals surface area contributed by atoms with Crippen LogP contribution in [0.25, 0.3) is 16.6 Å². The third kappa shape index (κ3) is 5.69. The third-order valence-electron chi connectivity index (χ3n) is 4.65. The minimum Gasteiger partial charge on any atom is -0.356 e. The summed E-state index contributed by atoms with van der Waals surface area (Å²) in [6.07, 6.45) is 2.06. The van der Waals surface area contributed by atoms with Crippen LogP contribution < -0.4 is 10.9 Å². The van der Waals surface area contributed by atoms with Crippen molar-refractivity contribution in [3.8, 4) is 5.69 Å². The van der Waals surface area contributed by atoms with Crippen LogP contribution in [-0.4, -0.2) is 27.8 Å². The molecule has 2 aromatic carbocycles. The van der Waals surface area contributed by atoms with Crippen LogP contribution in [-0.2, 0) is 4.79 Å². The second-order valence-electron chi connectivity index (χ2n) is 7.51. The van der Waals surface area contributed by atoms with Gasteiger partial charge in [0, 0.05) is 18.7 Å². The summed E-state index contributed by atoms with van der Waals surface area (Å²) in [7, 11) is 0. The Labute approximate surface area is 179 Å². The van der Waals surface area contributed by atoms with Crippen molar-refractivity contribution in [2.75, 3.05) is 12.3 Å². The van der Waals surface area contributed by atoms with Gasteiger partial charge in [0.1, 0.15) is 5.82 Å². The zero-order valence-corrected chi connectivity index (χ0v) is 18.0. The Morgan fingerprint density at radius 1 is 1.17 bits per heavy atom. The lowest BCUT2D eigenvalue weighted by atomic mass is 10.1. The molecule has 3 rings (SSSR count). The lowest BCUT2D eigenvalue weighted by molar-refractivity contribution is -0.121. The lowest BCUT2D eigenvalue weighted by Crippen LogP contribution is -2.25. The molecule has 3 aromatic rings. The van der Waals surface area contributed by atoms with Crippen molar-refractivity contribution in [2.24, 2.45) is 5.92 Å². The van der Waals surface area contributed by atoms with E-state index in [1.54, 1.807) is 30.3 Å². The van der Waals surface area contributed by atoms with Crippen LogP contribution in [0, 0.1) is 11.7 Å². The van der Waals surface area contributed by atoms with Crippen LogP contribution in [0.15, 0.2) is 58.5 Å². The number of carbonyl (C=O) groups is 1. The highest BCUT2D eigenvalue weighted by atomic mass is 32.2. The number of hydrogen-bond donors (Lipinski definition) is 1. The maximum absolute atomic E-state index is 13.4. The molecular weight excluding hydrogens is 401 g/mol. The number of thioether (sulfide) groups is 1. The molecule has 158 valence electrons. The van der Waals surface area contributed by atoms with Crippen molar-refractivity contribution >= 4 is 28.6 Å². The second-order valence-corrected chi connectivity index (χ2v) is 8.58. The highest BCUT2D eigenvalue weighted by Crippen LogP contribution is 2.22. The summed E-state index contributed by atoms with van der Waals surface area (Å²) in [6, 6.07) is 13.0. The maximum atomic E-state index is 13.4. The van der Waals surface area contributed by atoms with Crippen LogP contribution in [0.5, 0.6) is 0 Å². The average Bonchev–Trinajstić information content (AvgIpc) is 2.72. The Hall–Kier alpha value is -2.67. The van der Waals surface area contributed by atoms with Gasteiger partial charge in [-0.2, -0.15) is 0 Å². The van der Waals surface area contributed by atoms with Gasteiger partial charge in [0.05, 0.1) is 16.6 Å². The SMILES string of the molecule is CC(C)CCNC(=O)CCCSc1nc2ccccc2c(=O)n1-c1ccc(F)cc1. The molecule has 1 heterocycles. The second kappa shape index (κ2) is 10.4. The number of nitrogens with one attached hydrogen (secondary N) is 1. The molecule has 0 spiro atoms. The van der Waals surface area contributed by atoms with E-state index in [0.29, 0.717) is 52.8 Å². The first-order chi connectivity index (χ1) is 14.5. The molecule has 0 aliphatic carbocycles. The first-order valence-electron chi connectivity index (χ1n) is 10.1. The van der Waals surface area contributed by atoms with Gasteiger partial charge in [-0.15, -0.1) is 0 Å². The van der Waals surface area contributed by atoms with E-state index < -0.39 is 0 Å². The number of aromatic nitrogens is 2. The molecule has 0 radical (unpaired) electrons. The van der Waals surface area contributed by atoms with Crippen molar-refractivity contribution in [3.05, 3.63) is 64.7 Å². The summed E-state index contributed by atoms with van der Waals surface area (Å²) >= 11 is 1.42. The van der Waals surface area contributed by atoms with Gasteiger partial charge >= 0.3 is 0 Å². The summed E-state index contributed by atoms with van der Waals surface area (Å²) in [5.41, 5.74) is 0.990. The normalized spacial score (nSPS) is 11.2. The van der Waals surface area contributed by atoms with Gasteiger partial charge in [-0.25, -0.2) is 9.37 Å². The Morgan fingerprint density at radius 2 is 1.90 bits per heavy atom. The van der Waals surface area contributed by atoms with Gasteiger partial charge in [0.25, 0.3) is 5.56 Å². The molecule has 0 atom stereocenters. The summed E-state index contributed by atoms with van der Waals surface area (Å²) in [5, 5.41) is 3.98. The highest BCUT2D eigenvalue weighted by molar-refractivity contribution is 7.99. The topological polar surface area (TPSA) is 64.0 Å². The number of amides is 1. The summed E-state index contributed by atoms with van der Waals surface area (Å²) in [6.45, 7) is 4.94. The van der Waals surface area contributed by atoms with Crippen molar-refractivity contribution in [3.63, 3.8) is 0 Å². The average molecular weight is 428 g/mol. The minimum absolute atomic E-state index is 0.0404. The number of benzene rings is 2. The summed E-state index contributed by atoms with van der Waals surface area (Å²) in [4.78, 5) is 29.7. The third-order valence-corrected chi connectivity index (χ3v) is 5.68. The van der Waals surface area contributed by atoms with Crippen LogP contribution in [0.3, 0.4) is 0 Å².